The maximum absolute atomic E-state index is 12.6. The van der Waals surface area contributed by atoms with Gasteiger partial charge in [-0.25, -0.2) is 9.59 Å². The summed E-state index contributed by atoms with van der Waals surface area (Å²) in [5.41, 5.74) is -4.12. The Labute approximate surface area is 144 Å². The quantitative estimate of drug-likeness (QED) is 0.472. The fourth-order valence-electron chi connectivity index (χ4n) is 2.71. The van der Waals surface area contributed by atoms with Gasteiger partial charge in [0.05, 0.1) is 14.2 Å². The van der Waals surface area contributed by atoms with Gasteiger partial charge in [0.25, 0.3) is 5.54 Å². The van der Waals surface area contributed by atoms with Crippen molar-refractivity contribution in [2.24, 2.45) is 0 Å². The van der Waals surface area contributed by atoms with E-state index < -0.39 is 29.0 Å². The number of rotatable bonds is 5. The number of carbonyl (C=O) groups excluding carboxylic acids is 3. The summed E-state index contributed by atoms with van der Waals surface area (Å²) >= 11 is 0. The predicted octanol–water partition coefficient (Wildman–Crippen LogP) is 0.604. The Morgan fingerprint density at radius 2 is 1.76 bits per heavy atom. The molecule has 1 amide bonds. The molecule has 0 spiro atoms. The van der Waals surface area contributed by atoms with E-state index in [0.29, 0.717) is 5.75 Å². The van der Waals surface area contributed by atoms with Crippen molar-refractivity contribution in [1.82, 2.24) is 5.32 Å². The first-order valence-electron chi connectivity index (χ1n) is 7.37. The number of methoxy groups -OCH3 is 2. The van der Waals surface area contributed by atoms with Crippen molar-refractivity contribution in [2.75, 3.05) is 20.8 Å². The Bertz CT molecular complexity index is 699. The third-order valence-corrected chi connectivity index (χ3v) is 3.89. The molecule has 1 aliphatic rings. The summed E-state index contributed by atoms with van der Waals surface area (Å²) in [4.78, 5) is 37.0. The van der Waals surface area contributed by atoms with Crippen LogP contribution >= 0.6 is 0 Å². The van der Waals surface area contributed by atoms with E-state index >= 15 is 0 Å². The molecule has 25 heavy (non-hydrogen) atoms. The summed E-state index contributed by atoms with van der Waals surface area (Å²) in [6, 6.07) is 6.70. The molecule has 0 fully saturated rings. The fraction of sp³-hybridized carbons (Fsp3) is 0.353. The normalized spacial score (nSPS) is 18.7. The van der Waals surface area contributed by atoms with Crippen LogP contribution in [0.4, 0.5) is 0 Å². The van der Waals surface area contributed by atoms with Crippen molar-refractivity contribution in [2.45, 2.75) is 18.1 Å². The highest BCUT2D eigenvalue weighted by molar-refractivity contribution is 6.09. The molecule has 1 atom stereocenters. The van der Waals surface area contributed by atoms with Gasteiger partial charge in [0, 0.05) is 6.92 Å². The van der Waals surface area contributed by atoms with Gasteiger partial charge in [0.1, 0.15) is 6.61 Å². The number of nitrogens with one attached hydrogen (secondary N) is 1. The Kier molecular flexibility index (Phi) is 5.01. The summed E-state index contributed by atoms with van der Waals surface area (Å²) in [6.07, 6.45) is 1.21. The van der Waals surface area contributed by atoms with E-state index in [9.17, 15) is 14.4 Å². The van der Waals surface area contributed by atoms with Crippen LogP contribution in [0, 0.1) is 0 Å². The lowest BCUT2D eigenvalue weighted by Gasteiger charge is -2.45. The van der Waals surface area contributed by atoms with E-state index in [1.54, 1.807) is 24.3 Å². The number of fused-ring (bicyclic) bond motifs is 1. The molecule has 0 radical (unpaired) electrons. The van der Waals surface area contributed by atoms with Crippen molar-refractivity contribution >= 4 is 17.8 Å². The molecule has 0 bridgehead atoms. The predicted molar refractivity (Wildman–Crippen MR) is 86.1 cm³/mol. The first kappa shape index (κ1) is 18.3. The van der Waals surface area contributed by atoms with Crippen LogP contribution in [0.5, 0.6) is 11.5 Å². The number of esters is 2. The highest BCUT2D eigenvalue weighted by Gasteiger charge is 2.67. The minimum absolute atomic E-state index is 0.274. The van der Waals surface area contributed by atoms with Crippen molar-refractivity contribution < 1.29 is 33.3 Å². The highest BCUT2D eigenvalue weighted by Crippen LogP contribution is 2.41. The molecule has 0 aromatic heterocycles. The highest BCUT2D eigenvalue weighted by atomic mass is 16.6. The molecule has 0 saturated carbocycles. The van der Waals surface area contributed by atoms with Crippen molar-refractivity contribution in [1.29, 1.82) is 0 Å². The van der Waals surface area contributed by atoms with Crippen molar-refractivity contribution in [3.8, 4) is 11.5 Å². The average molecular weight is 349 g/mol. The van der Waals surface area contributed by atoms with Crippen LogP contribution in [0.1, 0.15) is 6.92 Å². The molecule has 0 aliphatic carbocycles. The van der Waals surface area contributed by atoms with E-state index in [0.717, 1.165) is 21.1 Å². The zero-order valence-electron chi connectivity index (χ0n) is 14.2. The van der Waals surface area contributed by atoms with Gasteiger partial charge in [0.2, 0.25) is 11.5 Å². The van der Waals surface area contributed by atoms with E-state index in [1.165, 1.54) is 6.08 Å². The average Bonchev–Trinajstić information content (AvgIpc) is 2.63. The zero-order chi connectivity index (χ0) is 18.7. The summed E-state index contributed by atoms with van der Waals surface area (Å²) in [5, 5.41) is 2.32. The van der Waals surface area contributed by atoms with Crippen LogP contribution in [0.15, 0.2) is 36.9 Å². The van der Waals surface area contributed by atoms with E-state index in [2.05, 4.69) is 11.9 Å². The first-order chi connectivity index (χ1) is 11.9. The molecule has 1 heterocycles. The van der Waals surface area contributed by atoms with Crippen LogP contribution in [-0.2, 0) is 23.9 Å². The van der Waals surface area contributed by atoms with E-state index in [1.807, 2.05) is 0 Å². The van der Waals surface area contributed by atoms with E-state index in [4.69, 9.17) is 18.9 Å². The number of hydrogen-bond donors (Lipinski definition) is 1. The fourth-order valence-corrected chi connectivity index (χ4v) is 2.71. The second-order valence-corrected chi connectivity index (χ2v) is 5.35. The largest absolute Gasteiger partial charge is 0.485 e. The summed E-state index contributed by atoms with van der Waals surface area (Å²) in [6.45, 7) is 4.53. The molecular weight excluding hydrogens is 330 g/mol. The zero-order valence-corrected chi connectivity index (χ0v) is 14.2. The number of para-hydroxylation sites is 2. The Morgan fingerprint density at radius 3 is 2.24 bits per heavy atom. The Balaban J connectivity index is 2.68. The first-order valence-corrected chi connectivity index (χ1v) is 7.37. The number of ether oxygens (including phenoxy) is 4. The molecule has 134 valence electrons. The molecule has 1 aromatic carbocycles. The minimum Gasteiger partial charge on any atom is -0.485 e. The van der Waals surface area contributed by atoms with Gasteiger partial charge in [0.15, 0.2) is 11.5 Å². The Morgan fingerprint density at radius 1 is 1.20 bits per heavy atom. The van der Waals surface area contributed by atoms with Gasteiger partial charge in [-0.15, -0.1) is 0 Å². The number of carbonyl (C=O) groups is 3. The molecular formula is C17H19NO7. The maximum Gasteiger partial charge on any atom is 0.348 e. The van der Waals surface area contributed by atoms with Crippen LogP contribution in [0.25, 0.3) is 0 Å². The monoisotopic (exact) mass is 349 g/mol. The van der Waals surface area contributed by atoms with Crippen LogP contribution in [-0.4, -0.2) is 49.8 Å². The van der Waals surface area contributed by atoms with Gasteiger partial charge >= 0.3 is 11.9 Å². The van der Waals surface area contributed by atoms with Crippen molar-refractivity contribution in [3.05, 3.63) is 36.9 Å². The second kappa shape index (κ2) is 6.84. The van der Waals surface area contributed by atoms with Crippen LogP contribution in [0.2, 0.25) is 0 Å². The SMILES string of the molecule is C=CC1(C(NC(C)=O)(C(=O)OC)C(=O)OC)COc2ccccc2O1. The van der Waals surface area contributed by atoms with Gasteiger partial charge in [-0.2, -0.15) is 0 Å². The van der Waals surface area contributed by atoms with E-state index in [-0.39, 0.29) is 12.4 Å². The van der Waals surface area contributed by atoms with Crippen LogP contribution < -0.4 is 14.8 Å². The number of hydrogen-bond acceptors (Lipinski definition) is 7. The molecule has 0 saturated heterocycles. The Hall–Kier alpha value is -3.03. The molecule has 1 aromatic rings. The van der Waals surface area contributed by atoms with Gasteiger partial charge in [-0.05, 0) is 18.2 Å². The summed E-state index contributed by atoms with van der Waals surface area (Å²) in [7, 11) is 2.16. The van der Waals surface area contributed by atoms with Crippen LogP contribution in [0.3, 0.4) is 0 Å². The van der Waals surface area contributed by atoms with Crippen molar-refractivity contribution in [3.63, 3.8) is 0 Å². The lowest BCUT2D eigenvalue weighted by molar-refractivity contribution is -0.179. The molecule has 1 aliphatic heterocycles. The molecule has 1 unspecified atom stereocenters. The maximum atomic E-state index is 12.6. The molecule has 2 rings (SSSR count). The second-order valence-electron chi connectivity index (χ2n) is 5.35. The number of amides is 1. The summed E-state index contributed by atoms with van der Waals surface area (Å²) < 4.78 is 21.1. The third kappa shape index (κ3) is 2.79. The topological polar surface area (TPSA) is 100 Å². The lowest BCUT2D eigenvalue weighted by atomic mass is 9.78. The minimum atomic E-state index is -2.34. The molecule has 8 nitrogen and oxygen atoms in total. The molecule has 1 N–H and O–H groups in total. The third-order valence-electron chi connectivity index (χ3n) is 3.89. The van der Waals surface area contributed by atoms with Gasteiger partial charge < -0.3 is 24.3 Å². The number of benzene rings is 1. The lowest BCUT2D eigenvalue weighted by Crippen LogP contribution is -2.77. The smallest absolute Gasteiger partial charge is 0.348 e. The molecule has 8 heteroatoms. The summed E-state index contributed by atoms with van der Waals surface area (Å²) in [5.74, 6) is -2.11. The van der Waals surface area contributed by atoms with Gasteiger partial charge in [-0.3, -0.25) is 4.79 Å². The van der Waals surface area contributed by atoms with Gasteiger partial charge in [-0.1, -0.05) is 18.7 Å². The standard InChI is InChI=1S/C17H19NO7/c1-5-16(10-24-12-8-6-7-9-13(12)25-16)17(14(20)22-3,15(21)23-4)18-11(2)19/h5-9H,1,10H2,2-4H3,(H,18,19).